The molecule has 0 saturated carbocycles. The summed E-state index contributed by atoms with van der Waals surface area (Å²) in [5, 5.41) is 3.38. The molecule has 0 bridgehead atoms. The first kappa shape index (κ1) is 17.0. The van der Waals surface area contributed by atoms with Crippen LogP contribution in [0.3, 0.4) is 0 Å². The zero-order valence-electron chi connectivity index (χ0n) is 12.4. The fourth-order valence-corrected chi connectivity index (χ4v) is 2.11. The Hall–Kier alpha value is -1.03. The highest BCUT2D eigenvalue weighted by molar-refractivity contribution is 5.24. The van der Waals surface area contributed by atoms with Gasteiger partial charge in [0.25, 0.3) is 0 Å². The highest BCUT2D eigenvalue weighted by Gasteiger charge is 2.29. The van der Waals surface area contributed by atoms with Crippen molar-refractivity contribution in [2.75, 3.05) is 13.1 Å². The maximum Gasteiger partial charge on any atom is 0.416 e. The van der Waals surface area contributed by atoms with Crippen LogP contribution in [0, 0.1) is 11.8 Å². The van der Waals surface area contributed by atoms with E-state index >= 15 is 0 Å². The molecular weight excluding hydrogens is 263 g/mol. The number of halogens is 3. The van der Waals surface area contributed by atoms with E-state index in [-0.39, 0.29) is 0 Å². The molecule has 0 fully saturated rings. The third kappa shape index (κ3) is 5.53. The van der Waals surface area contributed by atoms with Crippen molar-refractivity contribution in [1.29, 1.82) is 0 Å². The fraction of sp³-hybridized carbons (Fsp3) is 0.625. The lowest BCUT2D eigenvalue weighted by Crippen LogP contribution is -2.26. The van der Waals surface area contributed by atoms with E-state index in [9.17, 15) is 13.2 Å². The second-order valence-corrected chi connectivity index (χ2v) is 5.56. The Morgan fingerprint density at radius 1 is 1.05 bits per heavy atom. The number of hydrogen-bond donors (Lipinski definition) is 1. The topological polar surface area (TPSA) is 12.0 Å². The Kier molecular flexibility index (Phi) is 6.53. The molecule has 2 atom stereocenters. The summed E-state index contributed by atoms with van der Waals surface area (Å²) in [6.45, 7) is 8.42. The fourth-order valence-electron chi connectivity index (χ4n) is 2.11. The summed E-state index contributed by atoms with van der Waals surface area (Å²) in [6, 6.07) is 5.52. The number of hydrogen-bond acceptors (Lipinski definition) is 1. The molecule has 1 nitrogen and oxygen atoms in total. The van der Waals surface area contributed by atoms with E-state index in [1.165, 1.54) is 12.1 Å². The van der Waals surface area contributed by atoms with Crippen molar-refractivity contribution in [2.24, 2.45) is 11.8 Å². The zero-order valence-corrected chi connectivity index (χ0v) is 12.4. The van der Waals surface area contributed by atoms with Crippen molar-refractivity contribution >= 4 is 0 Å². The van der Waals surface area contributed by atoms with Crippen LogP contribution in [0.4, 0.5) is 13.2 Å². The SMILES string of the molecule is CCCNCC(C)C(C)Cc1ccc(C(F)(F)F)cc1. The summed E-state index contributed by atoms with van der Waals surface area (Å²) in [6.07, 6.45) is -2.32. The summed E-state index contributed by atoms with van der Waals surface area (Å²) in [7, 11) is 0. The zero-order chi connectivity index (χ0) is 15.2. The van der Waals surface area contributed by atoms with Gasteiger partial charge in [-0.2, -0.15) is 13.2 Å². The second-order valence-electron chi connectivity index (χ2n) is 5.56. The highest BCUT2D eigenvalue weighted by Crippen LogP contribution is 2.29. The molecule has 0 saturated heterocycles. The molecule has 0 aliphatic carbocycles. The summed E-state index contributed by atoms with van der Waals surface area (Å²) < 4.78 is 37.4. The summed E-state index contributed by atoms with van der Waals surface area (Å²) in [5.41, 5.74) is 0.388. The lowest BCUT2D eigenvalue weighted by atomic mass is 9.89. The molecule has 0 aliphatic rings. The van der Waals surface area contributed by atoms with Gasteiger partial charge in [-0.25, -0.2) is 0 Å². The van der Waals surface area contributed by atoms with Gasteiger partial charge in [0.15, 0.2) is 0 Å². The van der Waals surface area contributed by atoms with Crippen LogP contribution in [0.2, 0.25) is 0 Å². The maximum atomic E-state index is 12.5. The largest absolute Gasteiger partial charge is 0.416 e. The first-order chi connectivity index (χ1) is 9.34. The van der Waals surface area contributed by atoms with Gasteiger partial charge >= 0.3 is 6.18 Å². The molecule has 0 aromatic heterocycles. The van der Waals surface area contributed by atoms with E-state index in [4.69, 9.17) is 0 Å². The molecule has 0 aliphatic heterocycles. The van der Waals surface area contributed by atoms with Crippen molar-refractivity contribution in [3.8, 4) is 0 Å². The van der Waals surface area contributed by atoms with E-state index in [0.717, 1.165) is 31.5 Å². The van der Waals surface area contributed by atoms with Gasteiger partial charge in [-0.1, -0.05) is 32.9 Å². The summed E-state index contributed by atoms with van der Waals surface area (Å²) in [5.74, 6) is 0.944. The van der Waals surface area contributed by atoms with Crippen LogP contribution in [0.5, 0.6) is 0 Å². The first-order valence-corrected chi connectivity index (χ1v) is 7.21. The third-order valence-corrected chi connectivity index (χ3v) is 3.70. The molecule has 0 amide bonds. The van der Waals surface area contributed by atoms with E-state index in [2.05, 4.69) is 26.1 Å². The second kappa shape index (κ2) is 7.67. The Morgan fingerprint density at radius 3 is 2.15 bits per heavy atom. The van der Waals surface area contributed by atoms with Gasteiger partial charge in [-0.15, -0.1) is 0 Å². The Balaban J connectivity index is 2.51. The van der Waals surface area contributed by atoms with Crippen molar-refractivity contribution in [2.45, 2.75) is 39.8 Å². The number of rotatable bonds is 7. The average Bonchev–Trinajstić information content (AvgIpc) is 2.38. The minimum atomic E-state index is -4.25. The highest BCUT2D eigenvalue weighted by atomic mass is 19.4. The lowest BCUT2D eigenvalue weighted by molar-refractivity contribution is -0.137. The number of benzene rings is 1. The van der Waals surface area contributed by atoms with Gasteiger partial charge in [0.1, 0.15) is 0 Å². The summed E-state index contributed by atoms with van der Waals surface area (Å²) >= 11 is 0. The average molecular weight is 287 g/mol. The minimum Gasteiger partial charge on any atom is -0.316 e. The van der Waals surface area contributed by atoms with Crippen molar-refractivity contribution < 1.29 is 13.2 Å². The van der Waals surface area contributed by atoms with Crippen LogP contribution in [0.25, 0.3) is 0 Å². The summed E-state index contributed by atoms with van der Waals surface area (Å²) in [4.78, 5) is 0. The Labute approximate surface area is 119 Å². The minimum absolute atomic E-state index is 0.441. The predicted octanol–water partition coefficient (Wildman–Crippen LogP) is 4.52. The van der Waals surface area contributed by atoms with Gasteiger partial charge in [-0.05, 0) is 55.5 Å². The molecule has 1 N–H and O–H groups in total. The standard InChI is InChI=1S/C16H24F3N/c1-4-9-20-11-13(3)12(2)10-14-5-7-15(8-6-14)16(17,18)19/h5-8,12-13,20H,4,9-11H2,1-3H3. The lowest BCUT2D eigenvalue weighted by Gasteiger charge is -2.20. The molecule has 4 heteroatoms. The Bertz CT molecular complexity index is 384. The molecule has 0 spiro atoms. The molecule has 1 aromatic carbocycles. The molecule has 2 unspecified atom stereocenters. The van der Waals surface area contributed by atoms with Crippen LogP contribution in [-0.4, -0.2) is 13.1 Å². The molecule has 20 heavy (non-hydrogen) atoms. The monoisotopic (exact) mass is 287 g/mol. The normalized spacial score (nSPS) is 15.1. The van der Waals surface area contributed by atoms with Crippen molar-refractivity contribution in [3.05, 3.63) is 35.4 Å². The molecule has 1 rings (SSSR count). The van der Waals surface area contributed by atoms with Gasteiger partial charge in [-0.3, -0.25) is 0 Å². The van der Waals surface area contributed by atoms with Crippen LogP contribution in [-0.2, 0) is 12.6 Å². The Morgan fingerprint density at radius 2 is 1.65 bits per heavy atom. The molecule has 114 valence electrons. The third-order valence-electron chi connectivity index (χ3n) is 3.70. The van der Waals surface area contributed by atoms with Crippen LogP contribution in [0.15, 0.2) is 24.3 Å². The van der Waals surface area contributed by atoms with E-state index in [0.29, 0.717) is 11.8 Å². The number of nitrogens with one attached hydrogen (secondary N) is 1. The van der Waals surface area contributed by atoms with Gasteiger partial charge in [0.05, 0.1) is 5.56 Å². The molecule has 1 aromatic rings. The molecule has 0 heterocycles. The maximum absolute atomic E-state index is 12.5. The van der Waals surface area contributed by atoms with E-state index in [1.807, 2.05) is 0 Å². The van der Waals surface area contributed by atoms with Gasteiger partial charge < -0.3 is 5.32 Å². The first-order valence-electron chi connectivity index (χ1n) is 7.21. The molecule has 0 radical (unpaired) electrons. The van der Waals surface area contributed by atoms with Crippen molar-refractivity contribution in [3.63, 3.8) is 0 Å². The quantitative estimate of drug-likeness (QED) is 0.727. The molecular formula is C16H24F3N. The van der Waals surface area contributed by atoms with Crippen molar-refractivity contribution in [1.82, 2.24) is 5.32 Å². The van der Waals surface area contributed by atoms with E-state index in [1.54, 1.807) is 12.1 Å². The number of alkyl halides is 3. The van der Waals surface area contributed by atoms with Crippen LogP contribution in [0.1, 0.15) is 38.3 Å². The van der Waals surface area contributed by atoms with Gasteiger partial charge in [0, 0.05) is 0 Å². The van der Waals surface area contributed by atoms with Crippen LogP contribution < -0.4 is 5.32 Å². The predicted molar refractivity (Wildman–Crippen MR) is 76.6 cm³/mol. The van der Waals surface area contributed by atoms with E-state index < -0.39 is 11.7 Å². The van der Waals surface area contributed by atoms with Crippen LogP contribution >= 0.6 is 0 Å². The van der Waals surface area contributed by atoms with Gasteiger partial charge in [0.2, 0.25) is 0 Å². The smallest absolute Gasteiger partial charge is 0.316 e.